The average Bonchev–Trinajstić information content (AvgIpc) is 2.82. The summed E-state index contributed by atoms with van der Waals surface area (Å²) in [6.45, 7) is 2.31. The first-order chi connectivity index (χ1) is 10.5. The number of ketones is 1. The lowest BCUT2D eigenvalue weighted by Crippen LogP contribution is -2.45. The largest absolute Gasteiger partial charge is 0.393 e. The summed E-state index contributed by atoms with van der Waals surface area (Å²) in [6, 6.07) is 0. The fourth-order valence-electron chi connectivity index (χ4n) is 6.18. The van der Waals surface area contributed by atoms with Crippen LogP contribution in [0, 0.1) is 41.4 Å². The van der Waals surface area contributed by atoms with Gasteiger partial charge in [-0.1, -0.05) is 24.0 Å². The SMILES string of the molecule is C#CC1CC2=C(CC[C@@H]3[C@@H]2CC[C@]2(C)[C@@H](O)CC[C@@H]32)CC1=O. The van der Waals surface area contributed by atoms with Gasteiger partial charge in [-0.3, -0.25) is 4.79 Å². The van der Waals surface area contributed by atoms with Crippen molar-refractivity contribution in [2.45, 2.75) is 64.4 Å². The highest BCUT2D eigenvalue weighted by Crippen LogP contribution is 2.61. The number of rotatable bonds is 0. The van der Waals surface area contributed by atoms with Gasteiger partial charge >= 0.3 is 0 Å². The fourth-order valence-corrected chi connectivity index (χ4v) is 6.18. The molecule has 4 rings (SSSR count). The molecular formula is C20H26O2. The lowest BCUT2D eigenvalue weighted by atomic mass is 9.54. The van der Waals surface area contributed by atoms with Gasteiger partial charge in [0.1, 0.15) is 0 Å². The first-order valence-corrected chi connectivity index (χ1v) is 8.92. The van der Waals surface area contributed by atoms with Crippen LogP contribution < -0.4 is 0 Å². The van der Waals surface area contributed by atoms with Crippen molar-refractivity contribution >= 4 is 5.78 Å². The van der Waals surface area contributed by atoms with Crippen LogP contribution in [0.4, 0.5) is 0 Å². The smallest absolute Gasteiger partial charge is 0.152 e. The second-order valence-electron chi connectivity index (χ2n) is 8.25. The predicted molar refractivity (Wildman–Crippen MR) is 85.9 cm³/mol. The van der Waals surface area contributed by atoms with E-state index < -0.39 is 0 Å². The minimum Gasteiger partial charge on any atom is -0.393 e. The van der Waals surface area contributed by atoms with Crippen LogP contribution in [0.5, 0.6) is 0 Å². The van der Waals surface area contributed by atoms with E-state index in [0.29, 0.717) is 24.2 Å². The number of hydrogen-bond donors (Lipinski definition) is 1. The normalized spacial score (nSPS) is 47.5. The summed E-state index contributed by atoms with van der Waals surface area (Å²) in [7, 11) is 0. The number of allylic oxidation sites excluding steroid dienone is 2. The molecule has 0 spiro atoms. The zero-order valence-corrected chi connectivity index (χ0v) is 13.5. The lowest BCUT2D eigenvalue weighted by molar-refractivity contribution is -0.121. The first kappa shape index (κ1) is 14.5. The van der Waals surface area contributed by atoms with Crippen molar-refractivity contribution in [1.29, 1.82) is 0 Å². The van der Waals surface area contributed by atoms with Crippen molar-refractivity contribution in [2.75, 3.05) is 0 Å². The van der Waals surface area contributed by atoms with E-state index in [1.165, 1.54) is 24.8 Å². The summed E-state index contributed by atoms with van der Waals surface area (Å²) >= 11 is 0. The molecular weight excluding hydrogens is 272 g/mol. The summed E-state index contributed by atoms with van der Waals surface area (Å²) in [5.41, 5.74) is 3.09. The highest BCUT2D eigenvalue weighted by molar-refractivity contribution is 5.87. The van der Waals surface area contributed by atoms with E-state index in [4.69, 9.17) is 6.42 Å². The molecule has 0 radical (unpaired) electrons. The van der Waals surface area contributed by atoms with Gasteiger partial charge in [-0.25, -0.2) is 0 Å². The Morgan fingerprint density at radius 1 is 1.27 bits per heavy atom. The van der Waals surface area contributed by atoms with Crippen LogP contribution in [0.3, 0.4) is 0 Å². The Kier molecular flexibility index (Phi) is 3.28. The zero-order chi connectivity index (χ0) is 15.5. The Hall–Kier alpha value is -1.07. The van der Waals surface area contributed by atoms with Crippen LogP contribution in [-0.4, -0.2) is 17.0 Å². The Labute approximate surface area is 133 Å². The van der Waals surface area contributed by atoms with Gasteiger partial charge in [0.15, 0.2) is 5.78 Å². The van der Waals surface area contributed by atoms with Crippen LogP contribution in [0.1, 0.15) is 58.3 Å². The number of carbonyl (C=O) groups is 1. The van der Waals surface area contributed by atoms with Gasteiger partial charge in [-0.15, -0.1) is 6.42 Å². The van der Waals surface area contributed by atoms with Crippen LogP contribution in [0.25, 0.3) is 0 Å². The van der Waals surface area contributed by atoms with E-state index in [1.807, 2.05) is 0 Å². The van der Waals surface area contributed by atoms with Gasteiger partial charge in [-0.05, 0) is 68.1 Å². The van der Waals surface area contributed by atoms with Crippen molar-refractivity contribution in [3.8, 4) is 12.3 Å². The summed E-state index contributed by atoms with van der Waals surface area (Å²) in [5, 5.41) is 10.4. The molecule has 0 bridgehead atoms. The molecule has 1 unspecified atom stereocenters. The minimum absolute atomic E-state index is 0.111. The highest BCUT2D eigenvalue weighted by atomic mass is 16.3. The maximum absolute atomic E-state index is 12.1. The number of aliphatic hydroxyl groups is 1. The van der Waals surface area contributed by atoms with Crippen LogP contribution in [0.15, 0.2) is 11.1 Å². The predicted octanol–water partition coefficient (Wildman–Crippen LogP) is 3.49. The Bertz CT molecular complexity index is 581. The maximum atomic E-state index is 12.1. The zero-order valence-electron chi connectivity index (χ0n) is 13.5. The van der Waals surface area contributed by atoms with Gasteiger partial charge in [-0.2, -0.15) is 0 Å². The number of aliphatic hydroxyl groups excluding tert-OH is 1. The standard InChI is InChI=1S/C20H26O2/c1-3-12-10-16-13(11-18(12)21)4-5-15-14(16)8-9-20(2)17(15)6-7-19(20)22/h1,12,14-15,17,19,22H,4-11H2,2H3/t12?,14-,15+,17-,19-,20-/m0/s1. The molecule has 4 aliphatic rings. The molecule has 0 aromatic carbocycles. The molecule has 2 fully saturated rings. The van der Waals surface area contributed by atoms with E-state index in [0.717, 1.165) is 25.7 Å². The second kappa shape index (κ2) is 4.96. The van der Waals surface area contributed by atoms with Gasteiger partial charge in [0, 0.05) is 6.42 Å². The molecule has 0 heterocycles. The van der Waals surface area contributed by atoms with Crippen molar-refractivity contribution < 1.29 is 9.90 Å². The molecule has 0 aliphatic heterocycles. The number of carbonyl (C=O) groups excluding carboxylic acids is 1. The molecule has 6 atom stereocenters. The van der Waals surface area contributed by atoms with Gasteiger partial charge < -0.3 is 5.11 Å². The molecule has 0 aromatic heterocycles. The van der Waals surface area contributed by atoms with E-state index in [9.17, 15) is 9.90 Å². The Morgan fingerprint density at radius 3 is 2.86 bits per heavy atom. The molecule has 0 aromatic rings. The summed E-state index contributed by atoms with van der Waals surface area (Å²) < 4.78 is 0. The van der Waals surface area contributed by atoms with E-state index in [1.54, 1.807) is 5.57 Å². The van der Waals surface area contributed by atoms with Gasteiger partial charge in [0.05, 0.1) is 12.0 Å². The highest BCUT2D eigenvalue weighted by Gasteiger charge is 2.55. The van der Waals surface area contributed by atoms with Crippen molar-refractivity contribution in [2.24, 2.45) is 29.1 Å². The average molecular weight is 298 g/mol. The summed E-state index contributed by atoms with van der Waals surface area (Å²) in [4.78, 5) is 12.1. The third kappa shape index (κ3) is 1.88. The Balaban J connectivity index is 1.65. The van der Waals surface area contributed by atoms with Crippen LogP contribution >= 0.6 is 0 Å². The third-order valence-corrected chi connectivity index (χ3v) is 7.47. The molecule has 4 aliphatic carbocycles. The first-order valence-electron chi connectivity index (χ1n) is 8.92. The third-order valence-electron chi connectivity index (χ3n) is 7.47. The van der Waals surface area contributed by atoms with Crippen LogP contribution in [-0.2, 0) is 4.79 Å². The lowest BCUT2D eigenvalue weighted by Gasteiger charge is -2.51. The molecule has 2 nitrogen and oxygen atoms in total. The number of terminal acetylenes is 1. The fraction of sp³-hybridized carbons (Fsp3) is 0.750. The van der Waals surface area contributed by atoms with Crippen molar-refractivity contribution in [1.82, 2.24) is 0 Å². The number of hydrogen-bond acceptors (Lipinski definition) is 2. The number of fused-ring (bicyclic) bond motifs is 4. The molecule has 2 saturated carbocycles. The summed E-state index contributed by atoms with van der Waals surface area (Å²) in [5.74, 6) is 4.81. The van der Waals surface area contributed by atoms with Gasteiger partial charge in [0.25, 0.3) is 0 Å². The van der Waals surface area contributed by atoms with E-state index in [2.05, 4.69) is 12.8 Å². The topological polar surface area (TPSA) is 37.3 Å². The van der Waals surface area contributed by atoms with Gasteiger partial charge in [0.2, 0.25) is 0 Å². The maximum Gasteiger partial charge on any atom is 0.152 e. The van der Waals surface area contributed by atoms with Crippen molar-refractivity contribution in [3.05, 3.63) is 11.1 Å². The second-order valence-corrected chi connectivity index (χ2v) is 8.25. The monoisotopic (exact) mass is 298 g/mol. The van der Waals surface area contributed by atoms with E-state index in [-0.39, 0.29) is 23.2 Å². The summed E-state index contributed by atoms with van der Waals surface area (Å²) in [6.07, 6.45) is 13.7. The molecule has 1 N–H and O–H groups in total. The van der Waals surface area contributed by atoms with Crippen LogP contribution in [0.2, 0.25) is 0 Å². The Morgan fingerprint density at radius 2 is 2.09 bits per heavy atom. The van der Waals surface area contributed by atoms with Crippen molar-refractivity contribution in [3.63, 3.8) is 0 Å². The molecule has 22 heavy (non-hydrogen) atoms. The van der Waals surface area contributed by atoms with E-state index >= 15 is 0 Å². The molecule has 2 heteroatoms. The minimum atomic E-state index is -0.181. The molecule has 0 saturated heterocycles. The molecule has 118 valence electrons. The molecule has 0 amide bonds. The quantitative estimate of drug-likeness (QED) is 0.549. The number of Topliss-reactive ketones (excluding diaryl/α,β-unsaturated/α-hetero) is 1.